The van der Waals surface area contributed by atoms with Crippen LogP contribution in [0.3, 0.4) is 0 Å². The molecule has 3 heteroatoms. The number of hydrogen-bond donors (Lipinski definition) is 2. The van der Waals surface area contributed by atoms with Crippen LogP contribution in [0.2, 0.25) is 0 Å². The molecule has 0 aromatic rings. The highest BCUT2D eigenvalue weighted by Gasteiger charge is 2.24. The second-order valence-corrected chi connectivity index (χ2v) is 4.99. The van der Waals surface area contributed by atoms with Gasteiger partial charge in [0, 0.05) is 6.54 Å². The molecular formula is C13H24N2O. The summed E-state index contributed by atoms with van der Waals surface area (Å²) in [6, 6.07) is 0. The largest absolute Gasteiger partial charge is 0.354 e. The van der Waals surface area contributed by atoms with Gasteiger partial charge in [0.05, 0.1) is 5.54 Å². The van der Waals surface area contributed by atoms with Crippen molar-refractivity contribution in [2.75, 3.05) is 13.6 Å². The van der Waals surface area contributed by atoms with E-state index in [2.05, 4.69) is 16.7 Å². The molecule has 3 nitrogen and oxygen atoms in total. The third-order valence-electron chi connectivity index (χ3n) is 3.31. The number of nitrogens with one attached hydrogen (secondary N) is 2. The van der Waals surface area contributed by atoms with E-state index < -0.39 is 5.54 Å². The summed E-state index contributed by atoms with van der Waals surface area (Å²) in [6.45, 7) is 4.54. The average Bonchev–Trinajstić information content (AvgIpc) is 2.30. The van der Waals surface area contributed by atoms with Crippen molar-refractivity contribution >= 4 is 5.91 Å². The molecule has 1 amide bonds. The fraction of sp³-hybridized carbons (Fsp3) is 0.769. The van der Waals surface area contributed by atoms with Crippen molar-refractivity contribution in [2.24, 2.45) is 0 Å². The topological polar surface area (TPSA) is 41.1 Å². The van der Waals surface area contributed by atoms with Crippen LogP contribution in [-0.4, -0.2) is 25.0 Å². The van der Waals surface area contributed by atoms with E-state index in [1.54, 1.807) is 0 Å². The van der Waals surface area contributed by atoms with Crippen molar-refractivity contribution in [1.29, 1.82) is 0 Å². The third-order valence-corrected chi connectivity index (χ3v) is 3.31. The van der Waals surface area contributed by atoms with E-state index in [4.69, 9.17) is 0 Å². The van der Waals surface area contributed by atoms with Gasteiger partial charge in [-0.1, -0.05) is 11.6 Å². The predicted octanol–water partition coefficient (Wildman–Crippen LogP) is 1.99. The van der Waals surface area contributed by atoms with Crippen molar-refractivity contribution < 1.29 is 4.79 Å². The Bertz CT molecular complexity index is 269. The Labute approximate surface area is 98.7 Å². The van der Waals surface area contributed by atoms with Crippen molar-refractivity contribution in [3.8, 4) is 0 Å². The molecule has 92 valence electrons. The lowest BCUT2D eigenvalue weighted by molar-refractivity contribution is -0.126. The first-order valence-corrected chi connectivity index (χ1v) is 6.21. The number of rotatable bonds is 5. The van der Waals surface area contributed by atoms with E-state index >= 15 is 0 Å². The molecule has 1 rings (SSSR count). The highest BCUT2D eigenvalue weighted by atomic mass is 16.2. The molecule has 16 heavy (non-hydrogen) atoms. The normalized spacial score (nSPS) is 16.8. The molecule has 0 heterocycles. The Kier molecular flexibility index (Phi) is 5.00. The average molecular weight is 224 g/mol. The van der Waals surface area contributed by atoms with Gasteiger partial charge in [0.15, 0.2) is 0 Å². The van der Waals surface area contributed by atoms with Crippen LogP contribution in [0.1, 0.15) is 46.0 Å². The first-order valence-electron chi connectivity index (χ1n) is 6.21. The number of amides is 1. The van der Waals surface area contributed by atoms with Crippen LogP contribution < -0.4 is 10.6 Å². The van der Waals surface area contributed by atoms with E-state index in [0.29, 0.717) is 0 Å². The van der Waals surface area contributed by atoms with Gasteiger partial charge in [0.1, 0.15) is 0 Å². The molecule has 0 aliphatic heterocycles. The van der Waals surface area contributed by atoms with Crippen molar-refractivity contribution in [3.63, 3.8) is 0 Å². The van der Waals surface area contributed by atoms with E-state index in [1.807, 2.05) is 20.9 Å². The molecule has 1 aliphatic carbocycles. The Morgan fingerprint density at radius 3 is 2.75 bits per heavy atom. The summed E-state index contributed by atoms with van der Waals surface area (Å²) < 4.78 is 0. The number of hydrogen-bond acceptors (Lipinski definition) is 2. The number of allylic oxidation sites excluding steroid dienone is 1. The SMILES string of the molecule is CNC(C)(C)C(=O)NCCC1=CCCCC1. The molecule has 0 saturated heterocycles. The zero-order valence-electron chi connectivity index (χ0n) is 10.7. The zero-order chi connectivity index (χ0) is 12.0. The summed E-state index contributed by atoms with van der Waals surface area (Å²) in [4.78, 5) is 11.7. The first-order chi connectivity index (χ1) is 7.56. The number of carbonyl (C=O) groups excluding carboxylic acids is 1. The maximum absolute atomic E-state index is 11.7. The Balaban J connectivity index is 2.25. The van der Waals surface area contributed by atoms with Crippen molar-refractivity contribution in [3.05, 3.63) is 11.6 Å². The lowest BCUT2D eigenvalue weighted by Gasteiger charge is -2.23. The van der Waals surface area contributed by atoms with Crippen molar-refractivity contribution in [2.45, 2.75) is 51.5 Å². The molecule has 2 N–H and O–H groups in total. The quantitative estimate of drug-likeness (QED) is 0.701. The number of likely N-dealkylation sites (N-methyl/N-ethyl adjacent to an activating group) is 1. The summed E-state index contributed by atoms with van der Waals surface area (Å²) in [7, 11) is 1.81. The van der Waals surface area contributed by atoms with Gasteiger partial charge in [-0.05, 0) is 53.0 Å². The highest BCUT2D eigenvalue weighted by molar-refractivity contribution is 5.85. The Hall–Kier alpha value is -0.830. The van der Waals surface area contributed by atoms with Gasteiger partial charge in [0.2, 0.25) is 5.91 Å². The van der Waals surface area contributed by atoms with Gasteiger partial charge in [-0.25, -0.2) is 0 Å². The van der Waals surface area contributed by atoms with Gasteiger partial charge in [-0.2, -0.15) is 0 Å². The summed E-state index contributed by atoms with van der Waals surface area (Å²) in [5.41, 5.74) is 1.04. The minimum atomic E-state index is -0.471. The maximum atomic E-state index is 11.7. The maximum Gasteiger partial charge on any atom is 0.239 e. The van der Waals surface area contributed by atoms with E-state index in [0.717, 1.165) is 13.0 Å². The first kappa shape index (κ1) is 13.2. The molecule has 0 fully saturated rings. The molecule has 0 saturated carbocycles. The van der Waals surface area contributed by atoms with Crippen LogP contribution in [-0.2, 0) is 4.79 Å². The molecule has 0 radical (unpaired) electrons. The van der Waals surface area contributed by atoms with E-state index in [9.17, 15) is 4.79 Å². The molecule has 0 aromatic heterocycles. The van der Waals surface area contributed by atoms with Crippen LogP contribution in [0.15, 0.2) is 11.6 Å². The molecule has 0 unspecified atom stereocenters. The second kappa shape index (κ2) is 6.04. The second-order valence-electron chi connectivity index (χ2n) is 4.99. The number of carbonyl (C=O) groups is 1. The third kappa shape index (κ3) is 3.97. The predicted molar refractivity (Wildman–Crippen MR) is 67.3 cm³/mol. The van der Waals surface area contributed by atoms with Crippen LogP contribution in [0.4, 0.5) is 0 Å². The van der Waals surface area contributed by atoms with Gasteiger partial charge < -0.3 is 10.6 Å². The molecular weight excluding hydrogens is 200 g/mol. The zero-order valence-corrected chi connectivity index (χ0v) is 10.7. The monoisotopic (exact) mass is 224 g/mol. The van der Waals surface area contributed by atoms with Crippen LogP contribution in [0.25, 0.3) is 0 Å². The molecule has 1 aliphatic rings. The van der Waals surface area contributed by atoms with Gasteiger partial charge in [-0.15, -0.1) is 0 Å². The van der Waals surface area contributed by atoms with Crippen LogP contribution >= 0.6 is 0 Å². The highest BCUT2D eigenvalue weighted by Crippen LogP contribution is 2.19. The molecule has 0 spiro atoms. The summed E-state index contributed by atoms with van der Waals surface area (Å²) in [5.74, 6) is 0.0754. The van der Waals surface area contributed by atoms with Gasteiger partial charge >= 0.3 is 0 Å². The van der Waals surface area contributed by atoms with Crippen LogP contribution in [0, 0.1) is 0 Å². The summed E-state index contributed by atoms with van der Waals surface area (Å²) in [5, 5.41) is 5.98. The minimum absolute atomic E-state index is 0.0754. The lowest BCUT2D eigenvalue weighted by Crippen LogP contribution is -2.51. The summed E-state index contributed by atoms with van der Waals surface area (Å²) in [6.07, 6.45) is 8.39. The smallest absolute Gasteiger partial charge is 0.239 e. The van der Waals surface area contributed by atoms with Crippen LogP contribution in [0.5, 0.6) is 0 Å². The van der Waals surface area contributed by atoms with E-state index in [-0.39, 0.29) is 5.91 Å². The van der Waals surface area contributed by atoms with Gasteiger partial charge in [-0.3, -0.25) is 4.79 Å². The molecule has 0 bridgehead atoms. The Morgan fingerprint density at radius 2 is 2.19 bits per heavy atom. The fourth-order valence-electron chi connectivity index (χ4n) is 1.80. The van der Waals surface area contributed by atoms with Gasteiger partial charge in [0.25, 0.3) is 0 Å². The fourth-order valence-corrected chi connectivity index (χ4v) is 1.80. The van der Waals surface area contributed by atoms with Crippen molar-refractivity contribution in [1.82, 2.24) is 10.6 Å². The standard InChI is InChI=1S/C13H24N2O/c1-13(2,14-3)12(16)15-10-9-11-7-5-4-6-8-11/h7,14H,4-6,8-10H2,1-3H3,(H,15,16). The van der Waals surface area contributed by atoms with E-state index in [1.165, 1.54) is 31.3 Å². The lowest BCUT2D eigenvalue weighted by atomic mass is 9.97. The summed E-state index contributed by atoms with van der Waals surface area (Å²) >= 11 is 0. The molecule has 0 atom stereocenters. The Morgan fingerprint density at radius 1 is 1.44 bits per heavy atom. The minimum Gasteiger partial charge on any atom is -0.354 e. The molecule has 0 aromatic carbocycles.